The Balaban J connectivity index is 2.51. The lowest BCUT2D eigenvalue weighted by atomic mass is 9.55. The largest absolute Gasteiger partial charge is 0.394 e. The SMILES string of the molecule is CC(C)=CC1(O)C(=O)C(C)(C)C(O)C(C)(C)C1OC1OC(CO)C(O)C(O)C1O. The van der Waals surface area contributed by atoms with Crippen LogP contribution in [0.25, 0.3) is 0 Å². The first kappa shape index (κ1) is 24.4. The molecule has 6 N–H and O–H groups in total. The lowest BCUT2D eigenvalue weighted by Crippen LogP contribution is -2.72. The topological polar surface area (TPSA) is 157 Å². The van der Waals surface area contributed by atoms with E-state index in [-0.39, 0.29) is 0 Å². The van der Waals surface area contributed by atoms with Crippen molar-refractivity contribution in [3.8, 4) is 0 Å². The summed E-state index contributed by atoms with van der Waals surface area (Å²) in [7, 11) is 0. The summed E-state index contributed by atoms with van der Waals surface area (Å²) in [6.07, 6.45) is -8.94. The summed E-state index contributed by atoms with van der Waals surface area (Å²) in [4.78, 5) is 13.2. The zero-order chi connectivity index (χ0) is 22.5. The fourth-order valence-corrected chi connectivity index (χ4v) is 4.57. The van der Waals surface area contributed by atoms with Crippen LogP contribution in [-0.4, -0.2) is 91.5 Å². The number of ether oxygens (including phenoxy) is 2. The van der Waals surface area contributed by atoms with Crippen LogP contribution in [0.2, 0.25) is 0 Å². The van der Waals surface area contributed by atoms with Crippen molar-refractivity contribution in [2.75, 3.05) is 6.61 Å². The summed E-state index contributed by atoms with van der Waals surface area (Å²) in [5, 5.41) is 62.0. The number of Topliss-reactive ketones (excluding diaryl/α,β-unsaturated/α-hetero) is 1. The van der Waals surface area contributed by atoms with Crippen LogP contribution in [0, 0.1) is 10.8 Å². The molecule has 168 valence electrons. The van der Waals surface area contributed by atoms with Crippen LogP contribution in [0.15, 0.2) is 11.6 Å². The number of hydrogen-bond acceptors (Lipinski definition) is 9. The summed E-state index contributed by atoms with van der Waals surface area (Å²) in [6.45, 7) is 9.05. The summed E-state index contributed by atoms with van der Waals surface area (Å²) in [5.41, 5.74) is -3.99. The standard InChI is InChI=1S/C20H34O9/c1-9(2)7-20(27)16(26)18(3,4)15(25)19(5,6)17(20)29-14-13(24)12(23)11(22)10(8-21)28-14/h7,10-15,17,21-25,27H,8H2,1-6H3. The molecule has 0 spiro atoms. The van der Waals surface area contributed by atoms with Crippen molar-refractivity contribution in [2.24, 2.45) is 10.8 Å². The van der Waals surface area contributed by atoms with E-state index >= 15 is 0 Å². The molecule has 29 heavy (non-hydrogen) atoms. The molecule has 1 saturated carbocycles. The Morgan fingerprint density at radius 1 is 1.07 bits per heavy atom. The number of hydrogen-bond donors (Lipinski definition) is 6. The van der Waals surface area contributed by atoms with Crippen molar-refractivity contribution in [3.05, 3.63) is 11.6 Å². The first-order chi connectivity index (χ1) is 13.1. The van der Waals surface area contributed by atoms with Crippen molar-refractivity contribution >= 4 is 5.78 Å². The Morgan fingerprint density at radius 2 is 1.62 bits per heavy atom. The molecule has 8 atom stereocenters. The van der Waals surface area contributed by atoms with Crippen LogP contribution in [0.3, 0.4) is 0 Å². The first-order valence-corrected chi connectivity index (χ1v) is 9.69. The van der Waals surface area contributed by atoms with Gasteiger partial charge in [0.05, 0.1) is 18.1 Å². The summed E-state index contributed by atoms with van der Waals surface area (Å²) >= 11 is 0. The molecule has 1 heterocycles. The third-order valence-corrected chi connectivity index (χ3v) is 6.04. The molecule has 1 saturated heterocycles. The lowest BCUT2D eigenvalue weighted by molar-refractivity contribution is -0.338. The second-order valence-electron chi connectivity index (χ2n) is 9.54. The zero-order valence-electron chi connectivity index (χ0n) is 17.7. The van der Waals surface area contributed by atoms with Gasteiger partial charge in [-0.05, 0) is 19.9 Å². The number of rotatable bonds is 4. The Hall–Kier alpha value is -0.910. The van der Waals surface area contributed by atoms with Gasteiger partial charge in [0.1, 0.15) is 30.5 Å². The second-order valence-corrected chi connectivity index (χ2v) is 9.54. The van der Waals surface area contributed by atoms with Gasteiger partial charge in [-0.25, -0.2) is 0 Å². The molecule has 0 aromatic rings. The molecule has 2 rings (SSSR count). The van der Waals surface area contributed by atoms with Gasteiger partial charge < -0.3 is 40.1 Å². The number of aliphatic hydroxyl groups is 6. The van der Waals surface area contributed by atoms with Crippen molar-refractivity contribution in [1.29, 1.82) is 0 Å². The van der Waals surface area contributed by atoms with E-state index in [2.05, 4.69) is 0 Å². The molecule has 0 bridgehead atoms. The van der Waals surface area contributed by atoms with E-state index in [1.165, 1.54) is 19.9 Å². The molecular weight excluding hydrogens is 384 g/mol. The smallest absolute Gasteiger partial charge is 0.187 e. The Bertz CT molecular complexity index is 652. The van der Waals surface area contributed by atoms with Crippen LogP contribution < -0.4 is 0 Å². The van der Waals surface area contributed by atoms with Crippen molar-refractivity contribution in [3.63, 3.8) is 0 Å². The minimum Gasteiger partial charge on any atom is -0.394 e. The average Bonchev–Trinajstić information content (AvgIpc) is 2.62. The van der Waals surface area contributed by atoms with E-state index in [1.54, 1.807) is 27.7 Å². The molecule has 0 aromatic heterocycles. The van der Waals surface area contributed by atoms with E-state index in [0.717, 1.165) is 0 Å². The van der Waals surface area contributed by atoms with Gasteiger partial charge in [-0.2, -0.15) is 0 Å². The number of carbonyl (C=O) groups is 1. The van der Waals surface area contributed by atoms with Crippen LogP contribution >= 0.6 is 0 Å². The zero-order valence-corrected chi connectivity index (χ0v) is 17.7. The van der Waals surface area contributed by atoms with Crippen molar-refractivity contribution < 1.29 is 44.9 Å². The Morgan fingerprint density at radius 3 is 2.10 bits per heavy atom. The Labute approximate surface area is 170 Å². The number of ketones is 1. The fraction of sp³-hybridized carbons (Fsp3) is 0.850. The lowest BCUT2D eigenvalue weighted by Gasteiger charge is -2.56. The van der Waals surface area contributed by atoms with Crippen molar-refractivity contribution in [1.82, 2.24) is 0 Å². The van der Waals surface area contributed by atoms with Gasteiger partial charge in [0.25, 0.3) is 0 Å². The maximum absolute atomic E-state index is 13.2. The van der Waals surface area contributed by atoms with Gasteiger partial charge in [0, 0.05) is 5.41 Å². The monoisotopic (exact) mass is 418 g/mol. The van der Waals surface area contributed by atoms with Gasteiger partial charge in [0.15, 0.2) is 17.7 Å². The minimum atomic E-state index is -2.15. The number of carbonyl (C=O) groups excluding carboxylic acids is 1. The molecule has 0 aromatic carbocycles. The number of aliphatic hydroxyl groups excluding tert-OH is 5. The second kappa shape index (κ2) is 7.97. The molecule has 1 aliphatic heterocycles. The summed E-state index contributed by atoms with van der Waals surface area (Å²) in [5.74, 6) is -0.660. The van der Waals surface area contributed by atoms with Crippen LogP contribution in [0.5, 0.6) is 0 Å². The maximum Gasteiger partial charge on any atom is 0.187 e. The quantitative estimate of drug-likeness (QED) is 0.311. The normalized spacial score (nSPS) is 44.4. The predicted octanol–water partition coefficient (Wildman–Crippen LogP) is -1.14. The first-order valence-electron chi connectivity index (χ1n) is 9.69. The van der Waals surface area contributed by atoms with E-state index in [9.17, 15) is 35.4 Å². The highest BCUT2D eigenvalue weighted by Gasteiger charge is 2.66. The Kier molecular flexibility index (Phi) is 6.70. The van der Waals surface area contributed by atoms with E-state index < -0.39 is 71.7 Å². The van der Waals surface area contributed by atoms with Crippen LogP contribution in [0.4, 0.5) is 0 Å². The van der Waals surface area contributed by atoms with Gasteiger partial charge in [-0.1, -0.05) is 33.3 Å². The highest BCUT2D eigenvalue weighted by Crippen LogP contribution is 2.51. The maximum atomic E-state index is 13.2. The molecule has 2 aliphatic rings. The molecule has 8 unspecified atom stereocenters. The fourth-order valence-electron chi connectivity index (χ4n) is 4.57. The molecule has 0 radical (unpaired) electrons. The molecule has 9 heteroatoms. The van der Waals surface area contributed by atoms with Crippen molar-refractivity contribution in [2.45, 2.75) is 90.1 Å². The van der Waals surface area contributed by atoms with Crippen LogP contribution in [0.1, 0.15) is 41.5 Å². The molecule has 2 fully saturated rings. The summed E-state index contributed by atoms with van der Waals surface area (Å²) in [6, 6.07) is 0. The van der Waals surface area contributed by atoms with Gasteiger partial charge in [-0.15, -0.1) is 0 Å². The van der Waals surface area contributed by atoms with Gasteiger partial charge >= 0.3 is 0 Å². The average molecular weight is 418 g/mol. The number of allylic oxidation sites excluding steroid dienone is 1. The molecule has 1 aliphatic carbocycles. The molecule has 0 amide bonds. The van der Waals surface area contributed by atoms with Gasteiger partial charge in [-0.3, -0.25) is 4.79 Å². The molecular formula is C20H34O9. The predicted molar refractivity (Wildman–Crippen MR) is 102 cm³/mol. The third-order valence-electron chi connectivity index (χ3n) is 6.04. The third kappa shape index (κ3) is 3.90. The van der Waals surface area contributed by atoms with Crippen LogP contribution in [-0.2, 0) is 14.3 Å². The van der Waals surface area contributed by atoms with E-state index in [1.807, 2.05) is 0 Å². The highest BCUT2D eigenvalue weighted by atomic mass is 16.7. The van der Waals surface area contributed by atoms with Gasteiger partial charge in [0.2, 0.25) is 0 Å². The molecule has 9 nitrogen and oxygen atoms in total. The summed E-state index contributed by atoms with van der Waals surface area (Å²) < 4.78 is 11.2. The van der Waals surface area contributed by atoms with E-state index in [4.69, 9.17) is 9.47 Å². The minimum absolute atomic E-state index is 0.631. The highest BCUT2D eigenvalue weighted by molar-refractivity contribution is 5.96. The van der Waals surface area contributed by atoms with E-state index in [0.29, 0.717) is 5.57 Å².